The maximum absolute atomic E-state index is 12.4. The average Bonchev–Trinajstić information content (AvgIpc) is 3.06. The van der Waals surface area contributed by atoms with Crippen LogP contribution in [0.2, 0.25) is 0 Å². The summed E-state index contributed by atoms with van der Waals surface area (Å²) >= 11 is 3.07. The molecule has 0 bridgehead atoms. The highest BCUT2D eigenvalue weighted by molar-refractivity contribution is 8.01. The van der Waals surface area contributed by atoms with Gasteiger partial charge in [-0.3, -0.25) is 9.59 Å². The van der Waals surface area contributed by atoms with Gasteiger partial charge in [0.2, 0.25) is 0 Å². The first-order valence-corrected chi connectivity index (χ1v) is 13.0. The lowest BCUT2D eigenvalue weighted by Crippen LogP contribution is -2.22. The minimum atomic E-state index is -0.713. The molecule has 7 heteroatoms. The molecule has 0 spiro atoms. The first kappa shape index (κ1) is 24.8. The molecule has 1 fully saturated rings. The minimum absolute atomic E-state index is 0.0582. The van der Waals surface area contributed by atoms with Gasteiger partial charge in [-0.1, -0.05) is 54.6 Å². The molecule has 1 aliphatic carbocycles. The number of aliphatic hydroxyl groups excluding tert-OH is 2. The van der Waals surface area contributed by atoms with Gasteiger partial charge in [0.25, 0.3) is 0 Å². The summed E-state index contributed by atoms with van der Waals surface area (Å²) in [6.45, 7) is 0. The zero-order valence-corrected chi connectivity index (χ0v) is 19.8. The average molecular weight is 475 g/mol. The van der Waals surface area contributed by atoms with Crippen LogP contribution in [0.4, 0.5) is 0 Å². The van der Waals surface area contributed by atoms with Crippen molar-refractivity contribution >= 4 is 46.0 Å². The van der Waals surface area contributed by atoms with E-state index < -0.39 is 12.2 Å². The summed E-state index contributed by atoms with van der Waals surface area (Å²) in [5.41, 5.74) is 1.07. The molecule has 2 N–H and O–H groups in total. The van der Waals surface area contributed by atoms with E-state index in [0.717, 1.165) is 34.3 Å². The van der Waals surface area contributed by atoms with E-state index in [9.17, 15) is 19.8 Å². The topological polar surface area (TPSA) is 83.8 Å². The Morgan fingerprint density at radius 3 is 2.81 bits per heavy atom. The smallest absolute Gasteiger partial charge is 0.315 e. The molecule has 0 amide bonds. The fourth-order valence-corrected chi connectivity index (χ4v) is 6.22. The number of carbonyl (C=O) groups is 2. The molecule has 1 aliphatic rings. The number of ketones is 1. The Bertz CT molecular complexity index is 940. The number of benzene rings is 2. The van der Waals surface area contributed by atoms with Crippen molar-refractivity contribution in [3.63, 3.8) is 0 Å². The van der Waals surface area contributed by atoms with Gasteiger partial charge in [-0.2, -0.15) is 11.8 Å². The molecule has 0 aliphatic heterocycles. The van der Waals surface area contributed by atoms with E-state index in [2.05, 4.69) is 22.9 Å². The van der Waals surface area contributed by atoms with Crippen molar-refractivity contribution in [2.75, 3.05) is 24.4 Å². The van der Waals surface area contributed by atoms with Gasteiger partial charge in [-0.05, 0) is 34.3 Å². The normalized spacial score (nSPS) is 22.0. The molecule has 3 rings (SSSR count). The number of ether oxygens (including phenoxy) is 1. The van der Waals surface area contributed by atoms with Crippen LogP contribution in [-0.2, 0) is 20.7 Å². The number of carbonyl (C=O) groups excluding carboxylic acids is 2. The van der Waals surface area contributed by atoms with Gasteiger partial charge in [0.05, 0.1) is 30.3 Å². The minimum Gasteiger partial charge on any atom is -0.468 e. The molecule has 2 aromatic rings. The fourth-order valence-electron chi connectivity index (χ4n) is 3.91. The van der Waals surface area contributed by atoms with Crippen molar-refractivity contribution in [3.8, 4) is 0 Å². The lowest BCUT2D eigenvalue weighted by Gasteiger charge is -2.18. The Morgan fingerprint density at radius 2 is 2.00 bits per heavy atom. The standard InChI is InChI=1S/C25H30O5S2/c1-30-24(29)16-31-12-5-13-32-25-21(22(27)15-23(25)28)11-10-19(26)14-18-8-4-7-17-6-2-3-9-20(17)18/h2-4,6-11,19,21-22,25-27H,5,12-16H2,1H3/b11-10+/t19?,21-,22+,25+/m0/s1. The Labute approximate surface area is 197 Å². The zero-order valence-electron chi connectivity index (χ0n) is 18.2. The molecule has 172 valence electrons. The van der Waals surface area contributed by atoms with Crippen LogP contribution in [0.1, 0.15) is 18.4 Å². The summed E-state index contributed by atoms with van der Waals surface area (Å²) in [5, 5.41) is 22.9. The maximum Gasteiger partial charge on any atom is 0.315 e. The van der Waals surface area contributed by atoms with E-state index in [4.69, 9.17) is 0 Å². The van der Waals surface area contributed by atoms with Crippen LogP contribution in [0.15, 0.2) is 54.6 Å². The molecule has 0 aromatic heterocycles. The third kappa shape index (κ3) is 6.85. The van der Waals surface area contributed by atoms with Gasteiger partial charge < -0.3 is 14.9 Å². The maximum atomic E-state index is 12.4. The summed E-state index contributed by atoms with van der Waals surface area (Å²) < 4.78 is 4.62. The van der Waals surface area contributed by atoms with E-state index in [1.54, 1.807) is 17.8 Å². The molecular weight excluding hydrogens is 444 g/mol. The van der Waals surface area contributed by atoms with Crippen LogP contribution in [0, 0.1) is 5.92 Å². The zero-order chi connectivity index (χ0) is 22.9. The number of thioether (sulfide) groups is 2. The van der Waals surface area contributed by atoms with Gasteiger partial charge in [-0.25, -0.2) is 0 Å². The number of hydrogen-bond donors (Lipinski definition) is 2. The first-order chi connectivity index (χ1) is 15.5. The monoisotopic (exact) mass is 474 g/mol. The number of methoxy groups -OCH3 is 1. The van der Waals surface area contributed by atoms with E-state index in [1.807, 2.05) is 30.3 Å². The number of fused-ring (bicyclic) bond motifs is 1. The van der Waals surface area contributed by atoms with Crippen molar-refractivity contribution in [1.82, 2.24) is 0 Å². The van der Waals surface area contributed by atoms with Crippen molar-refractivity contribution in [2.24, 2.45) is 5.92 Å². The van der Waals surface area contributed by atoms with Crippen LogP contribution < -0.4 is 0 Å². The molecule has 2 aromatic carbocycles. The highest BCUT2D eigenvalue weighted by Crippen LogP contribution is 2.34. The second-order valence-electron chi connectivity index (χ2n) is 7.88. The molecule has 0 radical (unpaired) electrons. The predicted octanol–water partition coefficient (Wildman–Crippen LogP) is 3.65. The number of hydrogen-bond acceptors (Lipinski definition) is 7. The summed E-state index contributed by atoms with van der Waals surface area (Å²) in [5.74, 6) is 1.46. The second-order valence-corrected chi connectivity index (χ2v) is 10.2. The lowest BCUT2D eigenvalue weighted by molar-refractivity contribution is -0.137. The lowest BCUT2D eigenvalue weighted by atomic mass is 9.98. The third-order valence-electron chi connectivity index (χ3n) is 5.56. The molecule has 0 heterocycles. The molecule has 5 nitrogen and oxygen atoms in total. The Hall–Kier alpha value is -1.80. The molecule has 4 atom stereocenters. The third-order valence-corrected chi connectivity index (χ3v) is 8.04. The van der Waals surface area contributed by atoms with Gasteiger partial charge in [0, 0.05) is 18.8 Å². The Morgan fingerprint density at radius 1 is 1.22 bits per heavy atom. The summed E-state index contributed by atoms with van der Waals surface area (Å²) in [6.07, 6.45) is 3.63. The molecule has 1 unspecified atom stereocenters. The van der Waals surface area contributed by atoms with Gasteiger partial charge >= 0.3 is 5.97 Å². The molecule has 0 saturated heterocycles. The Kier molecular flexibility index (Phi) is 9.66. The van der Waals surface area contributed by atoms with Gasteiger partial charge in [0.15, 0.2) is 0 Å². The van der Waals surface area contributed by atoms with E-state index in [-0.39, 0.29) is 29.3 Å². The van der Waals surface area contributed by atoms with Crippen molar-refractivity contribution in [1.29, 1.82) is 0 Å². The van der Waals surface area contributed by atoms with Crippen molar-refractivity contribution in [2.45, 2.75) is 36.7 Å². The van der Waals surface area contributed by atoms with E-state index in [1.165, 1.54) is 18.9 Å². The van der Waals surface area contributed by atoms with E-state index >= 15 is 0 Å². The van der Waals surface area contributed by atoms with Crippen molar-refractivity contribution in [3.05, 3.63) is 60.2 Å². The number of Topliss-reactive ketones (excluding diaryl/α,β-unsaturated/α-hetero) is 1. The van der Waals surface area contributed by atoms with Crippen LogP contribution in [0.3, 0.4) is 0 Å². The Balaban J connectivity index is 1.53. The molecule has 32 heavy (non-hydrogen) atoms. The van der Waals surface area contributed by atoms with Crippen LogP contribution >= 0.6 is 23.5 Å². The fraction of sp³-hybridized carbons (Fsp3) is 0.440. The summed E-state index contributed by atoms with van der Waals surface area (Å²) in [4.78, 5) is 23.5. The largest absolute Gasteiger partial charge is 0.468 e. The van der Waals surface area contributed by atoms with Crippen LogP contribution in [0.25, 0.3) is 10.8 Å². The number of rotatable bonds is 11. The molecular formula is C25H30O5S2. The highest BCUT2D eigenvalue weighted by Gasteiger charge is 2.40. The van der Waals surface area contributed by atoms with Gasteiger partial charge in [-0.15, -0.1) is 11.8 Å². The SMILES string of the molecule is COC(=O)CSCCCS[C@H]1C(=O)C[C@@H](O)[C@@H]1/C=C/C(O)Cc1cccc2ccccc12. The highest BCUT2D eigenvalue weighted by atomic mass is 32.2. The predicted molar refractivity (Wildman–Crippen MR) is 132 cm³/mol. The van der Waals surface area contributed by atoms with Gasteiger partial charge in [0.1, 0.15) is 5.78 Å². The number of esters is 1. The number of aliphatic hydroxyl groups is 2. The van der Waals surface area contributed by atoms with Crippen molar-refractivity contribution < 1.29 is 24.5 Å². The molecule has 1 saturated carbocycles. The summed E-state index contributed by atoms with van der Waals surface area (Å²) in [7, 11) is 1.38. The van der Waals surface area contributed by atoms with Crippen LogP contribution in [0.5, 0.6) is 0 Å². The first-order valence-electron chi connectivity index (χ1n) is 10.8. The second kappa shape index (κ2) is 12.4. The van der Waals surface area contributed by atoms with E-state index in [0.29, 0.717) is 12.2 Å². The quantitative estimate of drug-likeness (QED) is 0.292. The summed E-state index contributed by atoms with van der Waals surface area (Å²) in [6, 6.07) is 14.2. The van der Waals surface area contributed by atoms with Crippen LogP contribution in [-0.4, -0.2) is 63.8 Å².